The van der Waals surface area contributed by atoms with Crippen molar-refractivity contribution in [3.63, 3.8) is 0 Å². The number of hydrogen-bond donors (Lipinski definition) is 0. The first kappa shape index (κ1) is 25.9. The van der Waals surface area contributed by atoms with Gasteiger partial charge in [0.05, 0.1) is 19.0 Å². The molecule has 0 N–H and O–H groups in total. The van der Waals surface area contributed by atoms with E-state index in [1.165, 1.54) is 32.1 Å². The normalized spacial score (nSPS) is 11.2. The van der Waals surface area contributed by atoms with Crippen LogP contribution in [0.3, 0.4) is 0 Å². The maximum absolute atomic E-state index is 5.82. The Morgan fingerprint density at radius 1 is 0.688 bits per heavy atom. The highest BCUT2D eigenvalue weighted by atomic mass is 16.5. The molecule has 0 amide bonds. The molecule has 1 aromatic heterocycles. The van der Waals surface area contributed by atoms with E-state index < -0.39 is 0 Å². The molecule has 0 aliphatic carbocycles. The highest BCUT2D eigenvalue weighted by Crippen LogP contribution is 2.20. The Kier molecular flexibility index (Phi) is 13.9. The van der Waals surface area contributed by atoms with Gasteiger partial charge in [-0.05, 0) is 56.4 Å². The van der Waals surface area contributed by atoms with Crippen molar-refractivity contribution in [2.75, 3.05) is 26.4 Å². The molecule has 0 spiro atoms. The first-order valence-electron chi connectivity index (χ1n) is 12.2. The van der Waals surface area contributed by atoms with E-state index >= 15 is 0 Å². The average Bonchev–Trinajstić information content (AvgIpc) is 2.83. The Morgan fingerprint density at radius 3 is 2.06 bits per heavy atom. The van der Waals surface area contributed by atoms with Crippen LogP contribution < -0.4 is 9.47 Å². The van der Waals surface area contributed by atoms with Crippen molar-refractivity contribution in [2.24, 2.45) is 0 Å². The fourth-order valence-electron chi connectivity index (χ4n) is 3.13. The van der Waals surface area contributed by atoms with Crippen molar-refractivity contribution >= 4 is 0 Å². The summed E-state index contributed by atoms with van der Waals surface area (Å²) >= 11 is 0. The maximum atomic E-state index is 5.82. The molecule has 0 saturated carbocycles. The summed E-state index contributed by atoms with van der Waals surface area (Å²) in [4.78, 5) is 8.85. The zero-order valence-corrected chi connectivity index (χ0v) is 19.9. The second-order valence-corrected chi connectivity index (χ2v) is 7.92. The van der Waals surface area contributed by atoms with Crippen LogP contribution in [0.1, 0.15) is 71.6 Å². The zero-order chi connectivity index (χ0) is 22.7. The molecule has 5 heteroatoms. The monoisotopic (exact) mass is 440 g/mol. The predicted octanol–water partition coefficient (Wildman–Crippen LogP) is 7.02. The van der Waals surface area contributed by atoms with E-state index in [1.54, 1.807) is 12.4 Å². The zero-order valence-electron chi connectivity index (χ0n) is 19.9. The first-order chi connectivity index (χ1) is 15.8. The van der Waals surface area contributed by atoms with Crippen molar-refractivity contribution in [2.45, 2.75) is 71.6 Å². The maximum Gasteiger partial charge on any atom is 0.159 e. The molecule has 0 saturated heterocycles. The van der Waals surface area contributed by atoms with Gasteiger partial charge < -0.3 is 14.2 Å². The van der Waals surface area contributed by atoms with Crippen LogP contribution in [0.4, 0.5) is 0 Å². The fraction of sp³-hybridized carbons (Fsp3) is 0.556. The molecule has 2 aromatic rings. The van der Waals surface area contributed by atoms with Gasteiger partial charge in [-0.3, -0.25) is 0 Å². The predicted molar refractivity (Wildman–Crippen MR) is 131 cm³/mol. The van der Waals surface area contributed by atoms with E-state index in [1.807, 2.05) is 24.3 Å². The van der Waals surface area contributed by atoms with Crippen molar-refractivity contribution in [3.8, 4) is 22.9 Å². The molecule has 0 atom stereocenters. The van der Waals surface area contributed by atoms with E-state index in [4.69, 9.17) is 14.2 Å². The number of aromatic nitrogens is 2. The minimum Gasteiger partial charge on any atom is -0.494 e. The molecule has 1 aromatic carbocycles. The van der Waals surface area contributed by atoms with Crippen molar-refractivity contribution in [1.82, 2.24) is 9.97 Å². The van der Waals surface area contributed by atoms with E-state index in [0.29, 0.717) is 24.8 Å². The molecule has 0 unspecified atom stereocenters. The number of hydrogen-bond acceptors (Lipinski definition) is 5. The minimum absolute atomic E-state index is 0.547. The van der Waals surface area contributed by atoms with Gasteiger partial charge in [-0.15, -0.1) is 0 Å². The number of rotatable bonds is 18. The highest BCUT2D eigenvalue weighted by Gasteiger charge is 2.03. The number of nitrogens with zero attached hydrogens (tertiary/aromatic N) is 2. The van der Waals surface area contributed by atoms with Gasteiger partial charge >= 0.3 is 0 Å². The van der Waals surface area contributed by atoms with Crippen LogP contribution >= 0.6 is 0 Å². The standard InChI is InChI=1S/C27H40N2O3/c1-3-5-7-8-9-11-20-32-26-22-28-27(29-23-26)24-14-16-25(17-15-24)31-21-13-12-19-30-18-10-6-4-2/h9,11,14-17,22-23H,3-8,10,12-13,18-21H2,1-2H3/b11-9+. The van der Waals surface area contributed by atoms with Crippen LogP contribution in [0, 0.1) is 0 Å². The van der Waals surface area contributed by atoms with E-state index in [-0.39, 0.29) is 0 Å². The highest BCUT2D eigenvalue weighted by molar-refractivity contribution is 5.56. The van der Waals surface area contributed by atoms with Crippen LogP contribution in [-0.2, 0) is 4.74 Å². The Balaban J connectivity index is 1.63. The van der Waals surface area contributed by atoms with Crippen LogP contribution in [0.5, 0.6) is 11.5 Å². The Labute approximate surface area is 194 Å². The van der Waals surface area contributed by atoms with Crippen molar-refractivity contribution in [1.29, 1.82) is 0 Å². The molecule has 1 heterocycles. The summed E-state index contributed by atoms with van der Waals surface area (Å²) in [5, 5.41) is 0. The van der Waals surface area contributed by atoms with Crippen LogP contribution in [0.25, 0.3) is 11.4 Å². The quantitative estimate of drug-likeness (QED) is 0.184. The third-order valence-corrected chi connectivity index (χ3v) is 5.07. The Bertz CT molecular complexity index is 730. The number of allylic oxidation sites excluding steroid dienone is 1. The third kappa shape index (κ3) is 11.3. The van der Waals surface area contributed by atoms with Gasteiger partial charge in [0.2, 0.25) is 0 Å². The van der Waals surface area contributed by atoms with E-state index in [9.17, 15) is 0 Å². The molecule has 2 rings (SSSR count). The van der Waals surface area contributed by atoms with Gasteiger partial charge in [0.1, 0.15) is 12.4 Å². The molecular formula is C27H40N2O3. The molecule has 0 fully saturated rings. The molecule has 0 bridgehead atoms. The van der Waals surface area contributed by atoms with Gasteiger partial charge in [-0.2, -0.15) is 0 Å². The number of ether oxygens (including phenoxy) is 3. The van der Waals surface area contributed by atoms with Gasteiger partial charge in [0.15, 0.2) is 11.6 Å². The van der Waals surface area contributed by atoms with Gasteiger partial charge in [-0.25, -0.2) is 9.97 Å². The van der Waals surface area contributed by atoms with E-state index in [2.05, 4.69) is 36.0 Å². The lowest BCUT2D eigenvalue weighted by molar-refractivity contribution is 0.123. The molecule has 32 heavy (non-hydrogen) atoms. The summed E-state index contributed by atoms with van der Waals surface area (Å²) in [6.45, 7) is 7.37. The number of unbranched alkanes of at least 4 members (excludes halogenated alkanes) is 6. The van der Waals surface area contributed by atoms with E-state index in [0.717, 1.165) is 50.2 Å². The second-order valence-electron chi connectivity index (χ2n) is 7.92. The van der Waals surface area contributed by atoms with Crippen LogP contribution in [-0.4, -0.2) is 36.4 Å². The van der Waals surface area contributed by atoms with Crippen molar-refractivity contribution in [3.05, 3.63) is 48.8 Å². The summed E-state index contributed by atoms with van der Waals surface area (Å²) in [7, 11) is 0. The largest absolute Gasteiger partial charge is 0.494 e. The smallest absolute Gasteiger partial charge is 0.159 e. The second kappa shape index (κ2) is 17.2. The summed E-state index contributed by atoms with van der Waals surface area (Å²) < 4.78 is 17.1. The average molecular weight is 441 g/mol. The molecular weight excluding hydrogens is 400 g/mol. The lowest BCUT2D eigenvalue weighted by Crippen LogP contribution is -2.02. The lowest BCUT2D eigenvalue weighted by atomic mass is 10.2. The minimum atomic E-state index is 0.547. The van der Waals surface area contributed by atoms with Crippen molar-refractivity contribution < 1.29 is 14.2 Å². The first-order valence-corrected chi connectivity index (χ1v) is 12.2. The van der Waals surface area contributed by atoms with Gasteiger partial charge in [-0.1, -0.05) is 51.7 Å². The third-order valence-electron chi connectivity index (χ3n) is 5.07. The summed E-state index contributed by atoms with van der Waals surface area (Å²) in [5.41, 5.74) is 0.959. The molecule has 0 aliphatic heterocycles. The Morgan fingerprint density at radius 2 is 1.34 bits per heavy atom. The Hall–Kier alpha value is -2.40. The molecule has 5 nitrogen and oxygen atoms in total. The SMILES string of the molecule is CCCCC/C=C/COc1cnc(-c2ccc(OCCCCOCCCCC)cc2)nc1. The molecule has 0 aliphatic rings. The summed E-state index contributed by atoms with van der Waals surface area (Å²) in [6.07, 6.45) is 18.2. The van der Waals surface area contributed by atoms with Gasteiger partial charge in [0.25, 0.3) is 0 Å². The topological polar surface area (TPSA) is 53.5 Å². The summed E-state index contributed by atoms with van der Waals surface area (Å²) in [5.74, 6) is 2.23. The lowest BCUT2D eigenvalue weighted by Gasteiger charge is -2.08. The van der Waals surface area contributed by atoms with Gasteiger partial charge in [0, 0.05) is 18.8 Å². The van der Waals surface area contributed by atoms with Crippen LogP contribution in [0.2, 0.25) is 0 Å². The number of benzene rings is 1. The summed E-state index contributed by atoms with van der Waals surface area (Å²) in [6, 6.07) is 7.91. The van der Waals surface area contributed by atoms with Crippen LogP contribution in [0.15, 0.2) is 48.8 Å². The fourth-order valence-corrected chi connectivity index (χ4v) is 3.13. The molecule has 0 radical (unpaired) electrons. The molecule has 176 valence electrons.